The predicted molar refractivity (Wildman–Crippen MR) is 82.2 cm³/mol. The van der Waals surface area contributed by atoms with Crippen molar-refractivity contribution in [3.63, 3.8) is 0 Å². The quantitative estimate of drug-likeness (QED) is 0.900. The Hall–Kier alpha value is -0.770. The van der Waals surface area contributed by atoms with Gasteiger partial charge >= 0.3 is 0 Å². The molecule has 1 heterocycles. The number of rotatable bonds is 5. The van der Waals surface area contributed by atoms with Crippen LogP contribution >= 0.6 is 12.4 Å². The van der Waals surface area contributed by atoms with E-state index in [9.17, 15) is 0 Å². The van der Waals surface area contributed by atoms with Crippen LogP contribution in [0.2, 0.25) is 0 Å². The number of nitrogens with zero attached hydrogens (tertiary/aromatic N) is 1. The molecule has 0 amide bonds. The first-order chi connectivity index (χ1) is 8.78. The van der Waals surface area contributed by atoms with Gasteiger partial charge in [0.25, 0.3) is 0 Å². The summed E-state index contributed by atoms with van der Waals surface area (Å²) in [5.74, 6) is 0.998. The van der Waals surface area contributed by atoms with Crippen LogP contribution in [0.25, 0.3) is 0 Å². The lowest BCUT2D eigenvalue weighted by Crippen LogP contribution is -2.48. The minimum absolute atomic E-state index is 0. The van der Waals surface area contributed by atoms with E-state index >= 15 is 0 Å². The Bertz CT molecular complexity index is 373. The van der Waals surface area contributed by atoms with Gasteiger partial charge in [-0.2, -0.15) is 0 Å². The molecule has 108 valence electrons. The summed E-state index contributed by atoms with van der Waals surface area (Å²) in [7, 11) is 0. The summed E-state index contributed by atoms with van der Waals surface area (Å²) in [5, 5.41) is 3.47. The molecule has 0 bridgehead atoms. The second-order valence-electron chi connectivity index (χ2n) is 5.09. The molecule has 0 saturated carbocycles. The lowest BCUT2D eigenvalue weighted by molar-refractivity contribution is 0.199. The fraction of sp³-hybridized carbons (Fsp3) is 0.600. The maximum atomic E-state index is 5.68. The molecule has 1 aromatic carbocycles. The van der Waals surface area contributed by atoms with Crippen molar-refractivity contribution >= 4 is 12.4 Å². The van der Waals surface area contributed by atoms with Gasteiger partial charge in [0, 0.05) is 32.2 Å². The zero-order valence-corrected chi connectivity index (χ0v) is 12.7. The lowest BCUT2D eigenvalue weighted by Gasteiger charge is -2.31. The molecule has 1 N–H and O–H groups in total. The molecule has 1 aliphatic heterocycles. The monoisotopic (exact) mass is 284 g/mol. The average molecular weight is 285 g/mol. The highest BCUT2D eigenvalue weighted by Crippen LogP contribution is 2.16. The maximum absolute atomic E-state index is 5.68. The average Bonchev–Trinajstić information content (AvgIpc) is 2.37. The van der Waals surface area contributed by atoms with Crippen LogP contribution < -0.4 is 10.1 Å². The molecule has 1 atom stereocenters. The van der Waals surface area contributed by atoms with Gasteiger partial charge in [-0.15, -0.1) is 12.4 Å². The van der Waals surface area contributed by atoms with Crippen molar-refractivity contribution in [2.24, 2.45) is 0 Å². The van der Waals surface area contributed by atoms with Crippen molar-refractivity contribution in [3.8, 4) is 5.75 Å². The normalized spacial score (nSPS) is 19.8. The largest absolute Gasteiger partial charge is 0.494 e. The van der Waals surface area contributed by atoms with E-state index in [2.05, 4.69) is 42.3 Å². The Kier molecular flexibility index (Phi) is 7.21. The first kappa shape index (κ1) is 16.3. The Balaban J connectivity index is 0.00000180. The zero-order valence-electron chi connectivity index (χ0n) is 11.9. The molecule has 4 heteroatoms. The summed E-state index contributed by atoms with van der Waals surface area (Å²) >= 11 is 0. The molecule has 1 fully saturated rings. The number of ether oxygens (including phenoxy) is 1. The number of nitrogens with one attached hydrogen (secondary N) is 1. The number of halogens is 1. The fourth-order valence-electron chi connectivity index (χ4n) is 2.37. The van der Waals surface area contributed by atoms with Gasteiger partial charge in [0.1, 0.15) is 5.75 Å². The third-order valence-electron chi connectivity index (χ3n) is 3.23. The minimum Gasteiger partial charge on any atom is -0.494 e. The number of piperazine rings is 1. The van der Waals surface area contributed by atoms with Crippen molar-refractivity contribution < 1.29 is 4.74 Å². The van der Waals surface area contributed by atoms with Crippen molar-refractivity contribution in [2.45, 2.75) is 32.9 Å². The molecule has 2 rings (SSSR count). The summed E-state index contributed by atoms with van der Waals surface area (Å²) in [5.41, 5.74) is 1.35. The van der Waals surface area contributed by atoms with E-state index in [0.717, 1.165) is 45.0 Å². The van der Waals surface area contributed by atoms with Crippen LogP contribution in [0.5, 0.6) is 5.75 Å². The third-order valence-corrected chi connectivity index (χ3v) is 3.23. The van der Waals surface area contributed by atoms with Crippen molar-refractivity contribution in [3.05, 3.63) is 29.8 Å². The molecule has 0 aliphatic carbocycles. The Morgan fingerprint density at radius 2 is 2.26 bits per heavy atom. The van der Waals surface area contributed by atoms with Gasteiger partial charge in [0.15, 0.2) is 0 Å². The topological polar surface area (TPSA) is 24.5 Å². The minimum atomic E-state index is 0. The molecule has 0 radical (unpaired) electrons. The van der Waals surface area contributed by atoms with Crippen LogP contribution in [0.1, 0.15) is 25.8 Å². The lowest BCUT2D eigenvalue weighted by atomic mass is 10.1. The number of benzene rings is 1. The SMILES string of the molecule is CCCOc1cccc(CN2CCN[C@@H](C)C2)c1.Cl. The molecule has 1 saturated heterocycles. The first-order valence-electron chi connectivity index (χ1n) is 6.95. The molecule has 19 heavy (non-hydrogen) atoms. The molecule has 0 unspecified atom stereocenters. The van der Waals surface area contributed by atoms with Crippen molar-refractivity contribution in [1.82, 2.24) is 10.2 Å². The van der Waals surface area contributed by atoms with Gasteiger partial charge in [-0.3, -0.25) is 4.90 Å². The van der Waals surface area contributed by atoms with Gasteiger partial charge in [0.05, 0.1) is 6.61 Å². The maximum Gasteiger partial charge on any atom is 0.119 e. The predicted octanol–water partition coefficient (Wildman–Crippen LogP) is 2.69. The van der Waals surface area contributed by atoms with Gasteiger partial charge < -0.3 is 10.1 Å². The van der Waals surface area contributed by atoms with E-state index in [1.807, 2.05) is 6.07 Å². The molecule has 0 aromatic heterocycles. The van der Waals surface area contributed by atoms with Crippen molar-refractivity contribution in [1.29, 1.82) is 0 Å². The Labute approximate surface area is 122 Å². The first-order valence-corrected chi connectivity index (χ1v) is 6.95. The highest BCUT2D eigenvalue weighted by Gasteiger charge is 2.15. The summed E-state index contributed by atoms with van der Waals surface area (Å²) in [6, 6.07) is 9.08. The van der Waals surface area contributed by atoms with Crippen LogP contribution in [0.4, 0.5) is 0 Å². The van der Waals surface area contributed by atoms with Gasteiger partial charge in [-0.25, -0.2) is 0 Å². The summed E-state index contributed by atoms with van der Waals surface area (Å²) in [6.07, 6.45) is 1.06. The number of hydrogen-bond acceptors (Lipinski definition) is 3. The van der Waals surface area contributed by atoms with Gasteiger partial charge in [0.2, 0.25) is 0 Å². The van der Waals surface area contributed by atoms with E-state index in [-0.39, 0.29) is 12.4 Å². The Morgan fingerprint density at radius 3 is 3.00 bits per heavy atom. The fourth-order valence-corrected chi connectivity index (χ4v) is 2.37. The van der Waals surface area contributed by atoms with Crippen LogP contribution in [0, 0.1) is 0 Å². The smallest absolute Gasteiger partial charge is 0.119 e. The summed E-state index contributed by atoms with van der Waals surface area (Å²) in [6.45, 7) is 9.54. The highest BCUT2D eigenvalue weighted by atomic mass is 35.5. The number of hydrogen-bond donors (Lipinski definition) is 1. The van der Waals surface area contributed by atoms with E-state index in [1.54, 1.807) is 0 Å². The summed E-state index contributed by atoms with van der Waals surface area (Å²) in [4.78, 5) is 2.50. The second-order valence-corrected chi connectivity index (χ2v) is 5.09. The van der Waals surface area contributed by atoms with Crippen LogP contribution in [0.15, 0.2) is 24.3 Å². The summed E-state index contributed by atoms with van der Waals surface area (Å²) < 4.78 is 5.68. The highest BCUT2D eigenvalue weighted by molar-refractivity contribution is 5.85. The van der Waals surface area contributed by atoms with E-state index in [4.69, 9.17) is 4.74 Å². The molecular weight excluding hydrogens is 260 g/mol. The standard InChI is InChI=1S/C15H24N2O.ClH/c1-3-9-18-15-6-4-5-14(10-15)12-17-8-7-16-13(2)11-17;/h4-6,10,13,16H,3,7-9,11-12H2,1-2H3;1H/t13-;/m0./s1. The van der Waals surface area contributed by atoms with Gasteiger partial charge in [-0.05, 0) is 31.0 Å². The van der Waals surface area contributed by atoms with Gasteiger partial charge in [-0.1, -0.05) is 19.1 Å². The third kappa shape index (κ3) is 5.39. The van der Waals surface area contributed by atoms with Crippen molar-refractivity contribution in [2.75, 3.05) is 26.2 Å². The van der Waals surface area contributed by atoms with E-state index in [0.29, 0.717) is 6.04 Å². The zero-order chi connectivity index (χ0) is 12.8. The molecule has 0 spiro atoms. The van der Waals surface area contributed by atoms with Crippen LogP contribution in [-0.2, 0) is 6.54 Å². The second kappa shape index (κ2) is 8.41. The molecular formula is C15H25ClN2O. The van der Waals surface area contributed by atoms with Crippen LogP contribution in [0.3, 0.4) is 0 Å². The molecule has 1 aliphatic rings. The van der Waals surface area contributed by atoms with E-state index in [1.165, 1.54) is 5.56 Å². The van der Waals surface area contributed by atoms with Crippen LogP contribution in [-0.4, -0.2) is 37.2 Å². The molecule has 3 nitrogen and oxygen atoms in total. The van der Waals surface area contributed by atoms with E-state index < -0.39 is 0 Å². The molecule has 1 aromatic rings. The Morgan fingerprint density at radius 1 is 1.42 bits per heavy atom.